The molecule has 1 nitrogen and oxygen atoms in total. The Morgan fingerprint density at radius 1 is 1.00 bits per heavy atom. The van der Waals surface area contributed by atoms with Gasteiger partial charge in [0.2, 0.25) is 0 Å². The Bertz CT molecular complexity index is 466. The van der Waals surface area contributed by atoms with Crippen molar-refractivity contribution in [3.05, 3.63) is 29.6 Å². The molecule has 0 bridgehead atoms. The van der Waals surface area contributed by atoms with E-state index in [9.17, 15) is 0 Å². The molecule has 1 radical (unpaired) electrons. The average Bonchev–Trinajstić information content (AvgIpc) is 2.57. The molecule has 0 atom stereocenters. The van der Waals surface area contributed by atoms with Crippen molar-refractivity contribution in [2.45, 2.75) is 25.7 Å². The van der Waals surface area contributed by atoms with Gasteiger partial charge in [0, 0.05) is 23.2 Å². The van der Waals surface area contributed by atoms with Crippen molar-refractivity contribution in [3.63, 3.8) is 0 Å². The molecule has 1 aromatic heterocycles. The van der Waals surface area contributed by atoms with Crippen LogP contribution in [0.15, 0.2) is 24.3 Å². The summed E-state index contributed by atoms with van der Waals surface area (Å²) < 4.78 is 1.36. The van der Waals surface area contributed by atoms with E-state index in [2.05, 4.69) is 34.5 Å². The fourth-order valence-corrected chi connectivity index (χ4v) is 3.31. The predicted molar refractivity (Wildman–Crippen MR) is 71.3 cm³/mol. The van der Waals surface area contributed by atoms with Gasteiger partial charge in [0.25, 0.3) is 0 Å². The number of fused-ring (bicyclic) bond motifs is 1. The zero-order valence-electron chi connectivity index (χ0n) is 9.41. The van der Waals surface area contributed by atoms with E-state index < -0.39 is 0 Å². The minimum Gasteiger partial charge on any atom is -0.370 e. The Hall–Kier alpha value is -1.02. The molecule has 2 heteroatoms. The number of hydrogen-bond acceptors (Lipinski definition) is 2. The molecule has 1 aliphatic rings. The minimum atomic E-state index is 1.21. The molecule has 0 aliphatic carbocycles. The monoisotopic (exact) mass is 230 g/mol. The number of thiophene rings is 1. The molecule has 2 aromatic rings. The highest BCUT2D eigenvalue weighted by Gasteiger charge is 2.13. The van der Waals surface area contributed by atoms with Crippen LogP contribution in [0.1, 0.15) is 25.7 Å². The number of rotatable bonds is 1. The van der Waals surface area contributed by atoms with Crippen LogP contribution in [0.25, 0.3) is 10.1 Å². The summed E-state index contributed by atoms with van der Waals surface area (Å²) in [5.74, 6) is 0. The van der Waals surface area contributed by atoms with Crippen molar-refractivity contribution in [2.24, 2.45) is 0 Å². The van der Waals surface area contributed by atoms with Gasteiger partial charge in [-0.05, 0) is 18.9 Å². The lowest BCUT2D eigenvalue weighted by molar-refractivity contribution is 0.726. The molecular formula is C14H16NS. The Morgan fingerprint density at radius 2 is 1.75 bits per heavy atom. The highest BCUT2D eigenvalue weighted by Crippen LogP contribution is 2.33. The lowest BCUT2D eigenvalue weighted by Gasteiger charge is -2.21. The Morgan fingerprint density at radius 3 is 2.56 bits per heavy atom. The van der Waals surface area contributed by atoms with Gasteiger partial charge in [0.15, 0.2) is 0 Å². The summed E-state index contributed by atoms with van der Waals surface area (Å²) in [4.78, 5) is 2.52. The summed E-state index contributed by atoms with van der Waals surface area (Å²) in [7, 11) is 0. The Labute approximate surface area is 101 Å². The molecule has 0 saturated carbocycles. The van der Waals surface area contributed by atoms with Crippen LogP contribution in [0.3, 0.4) is 0 Å². The molecule has 3 rings (SSSR count). The third-order valence-electron chi connectivity index (χ3n) is 3.32. The summed E-state index contributed by atoms with van der Waals surface area (Å²) in [5.41, 5.74) is 1.34. The number of nitrogens with zero attached hydrogens (tertiary/aromatic N) is 1. The SMILES string of the molecule is [c]1sc2ccccc2c1N1CCCCCC1. The molecule has 0 amide bonds. The van der Waals surface area contributed by atoms with Crippen molar-refractivity contribution in [1.29, 1.82) is 0 Å². The highest BCUT2D eigenvalue weighted by atomic mass is 32.1. The van der Waals surface area contributed by atoms with Gasteiger partial charge < -0.3 is 4.90 Å². The van der Waals surface area contributed by atoms with Crippen LogP contribution in [0.4, 0.5) is 5.69 Å². The predicted octanol–water partition coefficient (Wildman–Crippen LogP) is 4.08. The van der Waals surface area contributed by atoms with Crippen LogP contribution in [0.5, 0.6) is 0 Å². The normalized spacial score (nSPS) is 17.6. The van der Waals surface area contributed by atoms with Crippen LogP contribution in [0.2, 0.25) is 0 Å². The second-order valence-corrected chi connectivity index (χ2v) is 5.30. The topological polar surface area (TPSA) is 3.24 Å². The van der Waals surface area contributed by atoms with Crippen LogP contribution < -0.4 is 4.90 Å². The molecule has 0 spiro atoms. The molecule has 1 aliphatic heterocycles. The van der Waals surface area contributed by atoms with Gasteiger partial charge in [0.1, 0.15) is 0 Å². The molecule has 16 heavy (non-hydrogen) atoms. The molecule has 1 saturated heterocycles. The number of anilines is 1. The summed E-state index contributed by atoms with van der Waals surface area (Å²) in [6.07, 6.45) is 5.44. The first-order valence-electron chi connectivity index (χ1n) is 6.09. The van der Waals surface area contributed by atoms with Gasteiger partial charge >= 0.3 is 0 Å². The fourth-order valence-electron chi connectivity index (χ4n) is 2.44. The lowest BCUT2D eigenvalue weighted by atomic mass is 10.2. The minimum absolute atomic E-state index is 1.21. The van der Waals surface area contributed by atoms with Crippen LogP contribution in [0, 0.1) is 5.38 Å². The van der Waals surface area contributed by atoms with E-state index in [0.717, 1.165) is 0 Å². The standard InChI is InChI=1S/C14H16NS/c1-2-6-10-15(9-5-1)13-11-16-14-8-4-3-7-12(13)14/h3-4,7-8H,1-2,5-6,9-10H2. The molecule has 0 N–H and O–H groups in total. The van der Waals surface area contributed by atoms with Crippen molar-refractivity contribution < 1.29 is 0 Å². The van der Waals surface area contributed by atoms with E-state index in [4.69, 9.17) is 0 Å². The van der Waals surface area contributed by atoms with Crippen LogP contribution >= 0.6 is 11.3 Å². The van der Waals surface area contributed by atoms with Crippen molar-refractivity contribution >= 4 is 27.1 Å². The summed E-state index contributed by atoms with van der Waals surface area (Å²) >= 11 is 1.75. The van der Waals surface area contributed by atoms with E-state index in [1.807, 2.05) is 0 Å². The molecule has 0 unspecified atom stereocenters. The second kappa shape index (κ2) is 4.46. The first-order valence-corrected chi connectivity index (χ1v) is 6.91. The van der Waals surface area contributed by atoms with Gasteiger partial charge in [-0.25, -0.2) is 0 Å². The largest absolute Gasteiger partial charge is 0.370 e. The van der Waals surface area contributed by atoms with E-state index in [0.29, 0.717) is 0 Å². The van der Waals surface area contributed by atoms with E-state index >= 15 is 0 Å². The second-order valence-electron chi connectivity index (χ2n) is 4.45. The molecule has 1 aromatic carbocycles. The van der Waals surface area contributed by atoms with E-state index in [1.165, 1.54) is 54.5 Å². The first kappa shape index (κ1) is 10.2. The first-order chi connectivity index (χ1) is 7.95. The number of benzene rings is 1. The van der Waals surface area contributed by atoms with Crippen LogP contribution in [-0.4, -0.2) is 13.1 Å². The molecule has 83 valence electrons. The summed E-state index contributed by atoms with van der Waals surface area (Å²) in [6, 6.07) is 8.66. The maximum absolute atomic E-state index is 3.48. The van der Waals surface area contributed by atoms with Gasteiger partial charge in [-0.1, -0.05) is 31.0 Å². The summed E-state index contributed by atoms with van der Waals surface area (Å²) in [6.45, 7) is 2.41. The van der Waals surface area contributed by atoms with E-state index in [-0.39, 0.29) is 0 Å². The van der Waals surface area contributed by atoms with Gasteiger partial charge in [-0.3, -0.25) is 0 Å². The molecule has 2 heterocycles. The zero-order valence-corrected chi connectivity index (χ0v) is 10.2. The maximum Gasteiger partial charge on any atom is 0.0710 e. The lowest BCUT2D eigenvalue weighted by Crippen LogP contribution is -2.23. The van der Waals surface area contributed by atoms with Crippen LogP contribution in [-0.2, 0) is 0 Å². The fraction of sp³-hybridized carbons (Fsp3) is 0.429. The van der Waals surface area contributed by atoms with Crippen molar-refractivity contribution in [1.82, 2.24) is 0 Å². The Kier molecular flexibility index (Phi) is 2.83. The van der Waals surface area contributed by atoms with Crippen molar-refractivity contribution in [3.8, 4) is 0 Å². The maximum atomic E-state index is 3.48. The third kappa shape index (κ3) is 1.82. The van der Waals surface area contributed by atoms with Gasteiger partial charge in [-0.2, -0.15) is 0 Å². The number of hydrogen-bond donors (Lipinski definition) is 0. The van der Waals surface area contributed by atoms with E-state index in [1.54, 1.807) is 11.3 Å². The third-order valence-corrected chi connectivity index (χ3v) is 4.19. The zero-order chi connectivity index (χ0) is 10.8. The molecular weight excluding hydrogens is 214 g/mol. The smallest absolute Gasteiger partial charge is 0.0710 e. The average molecular weight is 230 g/mol. The summed E-state index contributed by atoms with van der Waals surface area (Å²) in [5, 5.41) is 4.86. The Balaban J connectivity index is 1.97. The quantitative estimate of drug-likeness (QED) is 0.713. The molecule has 1 fully saturated rings. The van der Waals surface area contributed by atoms with Gasteiger partial charge in [0.05, 0.1) is 11.1 Å². The van der Waals surface area contributed by atoms with Crippen molar-refractivity contribution in [2.75, 3.05) is 18.0 Å². The van der Waals surface area contributed by atoms with Gasteiger partial charge in [-0.15, -0.1) is 11.3 Å². The highest BCUT2D eigenvalue weighted by molar-refractivity contribution is 7.17.